The highest BCUT2D eigenvalue weighted by Crippen LogP contribution is 2.33. The van der Waals surface area contributed by atoms with Crippen molar-refractivity contribution in [3.8, 4) is 0 Å². The lowest BCUT2D eigenvalue weighted by Gasteiger charge is -2.34. The number of hydrogen-bond donors (Lipinski definition) is 1. The molecule has 33 heavy (non-hydrogen) atoms. The van der Waals surface area contributed by atoms with Gasteiger partial charge in [0.2, 0.25) is 12.2 Å². The molecule has 1 aliphatic heterocycles. The van der Waals surface area contributed by atoms with Gasteiger partial charge in [-0.25, -0.2) is 0 Å². The number of carbonyl (C=O) groups is 2. The number of rotatable bonds is 12. The molecule has 2 atom stereocenters. The van der Waals surface area contributed by atoms with Crippen LogP contribution in [0, 0.1) is 5.92 Å². The van der Waals surface area contributed by atoms with E-state index in [1.165, 1.54) is 9.70 Å². The molecule has 0 spiro atoms. The summed E-state index contributed by atoms with van der Waals surface area (Å²) in [5, 5.41) is 15.2. The Hall–Kier alpha value is -3.14. The quantitative estimate of drug-likeness (QED) is 0.481. The first-order valence-corrected chi connectivity index (χ1v) is 11.3. The number of nitrogens with zero attached hydrogens (tertiary/aromatic N) is 5. The lowest BCUT2D eigenvalue weighted by Crippen LogP contribution is -2.63. The molecular weight excluding hydrogens is 424 g/mol. The fraction of sp³-hybridized carbons (Fsp3) is 0.565. The molecule has 10 heteroatoms. The number of anilines is 1. The number of carbonyl (C=O) groups excluding carboxylic acids is 3. The van der Waals surface area contributed by atoms with Crippen LogP contribution >= 0.6 is 0 Å². The van der Waals surface area contributed by atoms with Crippen LogP contribution in [0.5, 0.6) is 0 Å². The van der Waals surface area contributed by atoms with Crippen LogP contribution in [0.3, 0.4) is 0 Å². The van der Waals surface area contributed by atoms with Crippen LogP contribution in [0.1, 0.15) is 52.0 Å². The van der Waals surface area contributed by atoms with Gasteiger partial charge in [0, 0.05) is 19.4 Å². The van der Waals surface area contributed by atoms with Gasteiger partial charge in [-0.15, -0.1) is 9.90 Å². The van der Waals surface area contributed by atoms with E-state index < -0.39 is 11.6 Å². The van der Waals surface area contributed by atoms with E-state index in [2.05, 4.69) is 20.7 Å². The van der Waals surface area contributed by atoms with Gasteiger partial charge in [0.1, 0.15) is 0 Å². The summed E-state index contributed by atoms with van der Waals surface area (Å²) in [5.41, 5.74) is -0.669. The highest BCUT2D eigenvalue weighted by molar-refractivity contribution is 6.08. The van der Waals surface area contributed by atoms with Crippen LogP contribution in [0.2, 0.25) is 0 Å². The number of Topliss-reactive ketones (excluding diaryl/α,β-unsaturated/α-hetero) is 1. The molecule has 2 aromatic rings. The summed E-state index contributed by atoms with van der Waals surface area (Å²) in [7, 11) is 0. The molecule has 1 aromatic heterocycles. The highest BCUT2D eigenvalue weighted by atomic mass is 16.5. The van der Waals surface area contributed by atoms with Crippen molar-refractivity contribution < 1.29 is 19.1 Å². The van der Waals surface area contributed by atoms with Crippen LogP contribution in [0.4, 0.5) is 5.95 Å². The molecule has 1 amide bonds. The van der Waals surface area contributed by atoms with Crippen molar-refractivity contribution in [1.82, 2.24) is 25.5 Å². The second-order valence-electron chi connectivity index (χ2n) is 8.56. The van der Waals surface area contributed by atoms with Gasteiger partial charge < -0.3 is 15.0 Å². The maximum absolute atomic E-state index is 13.0. The number of tetrazole rings is 1. The molecule has 2 heterocycles. The minimum atomic E-state index is -1.68. The molecule has 1 saturated heterocycles. The monoisotopic (exact) mass is 455 g/mol. The number of ketones is 1. The van der Waals surface area contributed by atoms with Crippen molar-refractivity contribution >= 4 is 23.9 Å². The molecule has 177 valence electrons. The first kappa shape index (κ1) is 24.5. The predicted octanol–water partition coefficient (Wildman–Crippen LogP) is 1.81. The first-order valence-electron chi connectivity index (χ1n) is 11.3. The Kier molecular flexibility index (Phi) is 8.26. The summed E-state index contributed by atoms with van der Waals surface area (Å²) in [6, 6.07) is 8.98. The van der Waals surface area contributed by atoms with E-state index >= 15 is 0 Å². The van der Waals surface area contributed by atoms with Gasteiger partial charge in [0.15, 0.2) is 18.1 Å². The van der Waals surface area contributed by atoms with E-state index in [1.54, 1.807) is 6.92 Å². The largest absolute Gasteiger partial charge is 0.353 e. The highest BCUT2D eigenvalue weighted by Gasteiger charge is 2.56. The third kappa shape index (κ3) is 5.62. The smallest absolute Gasteiger partial charge is 0.267 e. The Morgan fingerprint density at radius 1 is 1.30 bits per heavy atom. The van der Waals surface area contributed by atoms with E-state index in [-0.39, 0.29) is 30.8 Å². The number of nitrogens with one attached hydrogen (secondary N) is 1. The molecular formula is C23H31N6O4. The summed E-state index contributed by atoms with van der Waals surface area (Å²) in [6.07, 6.45) is 3.49. The van der Waals surface area contributed by atoms with Gasteiger partial charge in [0.05, 0.1) is 12.6 Å². The van der Waals surface area contributed by atoms with Crippen molar-refractivity contribution in [2.24, 2.45) is 5.92 Å². The minimum Gasteiger partial charge on any atom is -0.353 e. The Labute approximate surface area is 193 Å². The van der Waals surface area contributed by atoms with Gasteiger partial charge in [0.25, 0.3) is 5.95 Å². The van der Waals surface area contributed by atoms with Crippen LogP contribution in [0.25, 0.3) is 0 Å². The maximum atomic E-state index is 13.0. The predicted molar refractivity (Wildman–Crippen MR) is 121 cm³/mol. The maximum Gasteiger partial charge on any atom is 0.267 e. The summed E-state index contributed by atoms with van der Waals surface area (Å²) in [4.78, 5) is 40.5. The molecule has 1 unspecified atom stereocenters. The Bertz CT molecular complexity index is 947. The average Bonchev–Trinajstić information content (AvgIpc) is 3.42. The Balaban J connectivity index is 1.72. The second kappa shape index (κ2) is 11.1. The summed E-state index contributed by atoms with van der Waals surface area (Å²) < 4.78 is 5.63. The van der Waals surface area contributed by atoms with E-state index in [4.69, 9.17) is 4.74 Å². The zero-order valence-electron chi connectivity index (χ0n) is 19.4. The first-order chi connectivity index (χ1) is 15.9. The molecule has 0 saturated carbocycles. The van der Waals surface area contributed by atoms with Crippen molar-refractivity contribution in [3.63, 3.8) is 0 Å². The fourth-order valence-electron chi connectivity index (χ4n) is 3.97. The lowest BCUT2D eigenvalue weighted by atomic mass is 9.86. The molecule has 10 nitrogen and oxygen atoms in total. The third-order valence-corrected chi connectivity index (χ3v) is 5.76. The molecule has 0 aliphatic carbocycles. The van der Waals surface area contributed by atoms with Gasteiger partial charge in [-0.1, -0.05) is 56.2 Å². The van der Waals surface area contributed by atoms with E-state index in [0.29, 0.717) is 31.9 Å². The molecule has 1 radical (unpaired) electrons. The number of ether oxygens (including phenoxy) is 1. The number of aromatic nitrogens is 4. The normalized spacial score (nSPS) is 20.2. The van der Waals surface area contributed by atoms with Crippen LogP contribution in [-0.2, 0) is 32.5 Å². The van der Waals surface area contributed by atoms with Gasteiger partial charge in [-0.05, 0) is 29.5 Å². The van der Waals surface area contributed by atoms with Crippen molar-refractivity contribution in [1.29, 1.82) is 0 Å². The van der Waals surface area contributed by atoms with Crippen molar-refractivity contribution in [3.05, 3.63) is 35.9 Å². The Morgan fingerprint density at radius 3 is 2.73 bits per heavy atom. The zero-order chi connectivity index (χ0) is 23.8. The molecule has 1 aromatic carbocycles. The molecule has 1 aliphatic rings. The minimum absolute atomic E-state index is 0.0601. The van der Waals surface area contributed by atoms with E-state index in [0.717, 1.165) is 12.0 Å². The number of benzene rings is 1. The summed E-state index contributed by atoms with van der Waals surface area (Å²) in [6.45, 7) is 6.50. The summed E-state index contributed by atoms with van der Waals surface area (Å²) in [5.74, 6) is -0.0351. The van der Waals surface area contributed by atoms with Crippen LogP contribution < -0.4 is 10.2 Å². The van der Waals surface area contributed by atoms with Crippen molar-refractivity contribution in [2.45, 2.75) is 71.4 Å². The van der Waals surface area contributed by atoms with E-state index in [1.807, 2.05) is 50.5 Å². The summed E-state index contributed by atoms with van der Waals surface area (Å²) >= 11 is 0. The van der Waals surface area contributed by atoms with Gasteiger partial charge in [-0.2, -0.15) is 0 Å². The van der Waals surface area contributed by atoms with Crippen LogP contribution in [0.15, 0.2) is 30.3 Å². The molecule has 0 bridgehead atoms. The average molecular weight is 456 g/mol. The SMILES string of the molecule is CCC(=O)[C@@]1([C]=O)C(NC(=O)CCC(C)C)CCN1c1nnn(COCc2ccccc2)n1. The second-order valence-corrected chi connectivity index (χ2v) is 8.56. The van der Waals surface area contributed by atoms with E-state index in [9.17, 15) is 14.4 Å². The molecule has 1 fully saturated rings. The Morgan fingerprint density at radius 2 is 2.06 bits per heavy atom. The standard InChI is InChI=1S/C23H31N6O4/c1-4-20(31)23(15-30)19(24-21(32)11-10-17(2)3)12-13-28(23)22-25-27-29(26-22)16-33-14-18-8-6-5-7-9-18/h5-9,17,19H,4,10-14,16H2,1-3H3,(H,24,32)/t19?,23-/m1/s1. The number of amides is 1. The van der Waals surface area contributed by atoms with Gasteiger partial charge >= 0.3 is 0 Å². The third-order valence-electron chi connectivity index (χ3n) is 5.76. The fourth-order valence-corrected chi connectivity index (χ4v) is 3.97. The molecule has 3 rings (SSSR count). The van der Waals surface area contributed by atoms with Gasteiger partial charge in [-0.3, -0.25) is 14.4 Å². The number of hydrogen-bond acceptors (Lipinski definition) is 8. The zero-order valence-corrected chi connectivity index (χ0v) is 19.4. The molecule has 1 N–H and O–H groups in total. The topological polar surface area (TPSA) is 119 Å². The van der Waals surface area contributed by atoms with Crippen LogP contribution in [-0.4, -0.2) is 56.3 Å². The lowest BCUT2D eigenvalue weighted by molar-refractivity contribution is -0.124. The van der Waals surface area contributed by atoms with Crippen molar-refractivity contribution in [2.75, 3.05) is 11.4 Å².